The molecule has 1 aliphatic rings. The van der Waals surface area contributed by atoms with E-state index in [4.69, 9.17) is 9.47 Å². The number of thiazole rings is 1. The zero-order chi connectivity index (χ0) is 15.6. The molecular weight excluding hydrogens is 309 g/mol. The van der Waals surface area contributed by atoms with Gasteiger partial charge in [0.2, 0.25) is 5.01 Å². The zero-order valence-corrected chi connectivity index (χ0v) is 12.4. The highest BCUT2D eigenvalue weighted by Crippen LogP contribution is 2.39. The van der Waals surface area contributed by atoms with Crippen LogP contribution in [0.5, 0.6) is 0 Å². The highest BCUT2D eigenvalue weighted by atomic mass is 32.1. The van der Waals surface area contributed by atoms with Crippen LogP contribution in [0, 0.1) is 0 Å². The van der Waals surface area contributed by atoms with Gasteiger partial charge in [-0.3, -0.25) is 0 Å². The van der Waals surface area contributed by atoms with Crippen LogP contribution in [0.3, 0.4) is 0 Å². The second kappa shape index (κ2) is 6.18. The number of hydrogen-bond donors (Lipinski definition) is 0. The molecule has 5 nitrogen and oxygen atoms in total. The first kappa shape index (κ1) is 16.0. The molecule has 0 N–H and O–H groups in total. The van der Waals surface area contributed by atoms with Crippen molar-refractivity contribution in [2.24, 2.45) is 0 Å². The van der Waals surface area contributed by atoms with Crippen LogP contribution in [0.4, 0.5) is 18.2 Å². The van der Waals surface area contributed by atoms with Crippen molar-refractivity contribution in [3.8, 4) is 0 Å². The Morgan fingerprint density at radius 1 is 1.57 bits per heavy atom. The molecule has 0 aliphatic carbocycles. The number of ether oxygens (including phenoxy) is 2. The lowest BCUT2D eigenvalue weighted by molar-refractivity contribution is -0.137. The van der Waals surface area contributed by atoms with Gasteiger partial charge in [-0.25, -0.2) is 9.78 Å². The van der Waals surface area contributed by atoms with E-state index in [1.807, 2.05) is 6.92 Å². The Morgan fingerprint density at radius 3 is 2.86 bits per heavy atom. The SMILES string of the molecule is CCOC(=O)c1nc(C(F)(F)F)sc1N1CCOCC1C. The van der Waals surface area contributed by atoms with Gasteiger partial charge >= 0.3 is 12.1 Å². The Kier molecular flexibility index (Phi) is 4.72. The van der Waals surface area contributed by atoms with Gasteiger partial charge in [0.15, 0.2) is 5.69 Å². The third-order valence-corrected chi connectivity index (χ3v) is 4.09. The van der Waals surface area contributed by atoms with E-state index in [2.05, 4.69) is 4.98 Å². The highest BCUT2D eigenvalue weighted by Gasteiger charge is 2.39. The average Bonchev–Trinajstić information content (AvgIpc) is 2.84. The van der Waals surface area contributed by atoms with E-state index in [1.54, 1.807) is 11.8 Å². The molecule has 1 aromatic rings. The van der Waals surface area contributed by atoms with Gasteiger partial charge in [-0.2, -0.15) is 13.2 Å². The van der Waals surface area contributed by atoms with E-state index in [9.17, 15) is 18.0 Å². The molecular formula is C12H15F3N2O3S. The van der Waals surface area contributed by atoms with Crippen molar-refractivity contribution >= 4 is 22.3 Å². The minimum absolute atomic E-state index is 0.0792. The van der Waals surface area contributed by atoms with Gasteiger partial charge in [-0.05, 0) is 13.8 Å². The number of aromatic nitrogens is 1. The number of nitrogens with zero attached hydrogens (tertiary/aromatic N) is 2. The molecule has 21 heavy (non-hydrogen) atoms. The van der Waals surface area contributed by atoms with Crippen molar-refractivity contribution in [2.45, 2.75) is 26.1 Å². The largest absolute Gasteiger partial charge is 0.461 e. The normalized spacial score (nSPS) is 19.7. The molecule has 1 saturated heterocycles. The molecule has 0 spiro atoms. The Balaban J connectivity index is 2.41. The topological polar surface area (TPSA) is 51.7 Å². The van der Waals surface area contributed by atoms with Gasteiger partial charge in [0.1, 0.15) is 5.00 Å². The molecule has 2 rings (SSSR count). The van der Waals surface area contributed by atoms with Crippen LogP contribution < -0.4 is 4.90 Å². The van der Waals surface area contributed by atoms with Crippen LogP contribution in [-0.2, 0) is 15.7 Å². The van der Waals surface area contributed by atoms with Crippen LogP contribution in [-0.4, -0.2) is 43.4 Å². The maximum atomic E-state index is 12.8. The first-order valence-electron chi connectivity index (χ1n) is 6.44. The number of anilines is 1. The van der Waals surface area contributed by atoms with Crippen molar-refractivity contribution in [2.75, 3.05) is 31.3 Å². The van der Waals surface area contributed by atoms with E-state index in [1.165, 1.54) is 0 Å². The number of rotatable bonds is 3. The molecule has 0 saturated carbocycles. The van der Waals surface area contributed by atoms with Gasteiger partial charge in [0, 0.05) is 6.54 Å². The van der Waals surface area contributed by atoms with Gasteiger partial charge in [0.05, 0.1) is 25.9 Å². The second-order valence-corrected chi connectivity index (χ2v) is 5.49. The van der Waals surface area contributed by atoms with E-state index < -0.39 is 17.2 Å². The van der Waals surface area contributed by atoms with Crippen molar-refractivity contribution in [1.29, 1.82) is 0 Å². The standard InChI is InChI=1S/C12H15F3N2O3S/c1-3-20-10(18)8-9(17-4-5-19-6-7(17)2)21-11(16-8)12(13,14)15/h7H,3-6H2,1-2H3. The van der Waals surface area contributed by atoms with Gasteiger partial charge in [-0.1, -0.05) is 11.3 Å². The summed E-state index contributed by atoms with van der Waals surface area (Å²) in [5.41, 5.74) is -0.275. The minimum atomic E-state index is -4.58. The molecule has 1 fully saturated rings. The Labute approximate surface area is 123 Å². The van der Waals surface area contributed by atoms with Crippen LogP contribution in [0.25, 0.3) is 0 Å². The van der Waals surface area contributed by atoms with Crippen LogP contribution >= 0.6 is 11.3 Å². The quantitative estimate of drug-likeness (QED) is 0.800. The Hall–Kier alpha value is -1.35. The lowest BCUT2D eigenvalue weighted by Crippen LogP contribution is -2.44. The molecule has 0 radical (unpaired) electrons. The summed E-state index contributed by atoms with van der Waals surface area (Å²) >= 11 is 0.464. The lowest BCUT2D eigenvalue weighted by atomic mass is 10.2. The molecule has 118 valence electrons. The fourth-order valence-corrected chi connectivity index (χ4v) is 3.04. The van der Waals surface area contributed by atoms with E-state index >= 15 is 0 Å². The number of esters is 1. The predicted octanol–water partition coefficient (Wildman–Crippen LogP) is 2.56. The first-order valence-corrected chi connectivity index (χ1v) is 7.25. The second-order valence-electron chi connectivity index (χ2n) is 4.51. The van der Waals surface area contributed by atoms with Crippen molar-refractivity contribution in [3.05, 3.63) is 10.7 Å². The number of carbonyl (C=O) groups is 1. The lowest BCUT2D eigenvalue weighted by Gasteiger charge is -2.34. The van der Waals surface area contributed by atoms with Gasteiger partial charge in [-0.15, -0.1) is 0 Å². The summed E-state index contributed by atoms with van der Waals surface area (Å²) in [5, 5.41) is -0.851. The minimum Gasteiger partial charge on any atom is -0.461 e. The third kappa shape index (κ3) is 3.46. The van der Waals surface area contributed by atoms with Gasteiger partial charge in [0.25, 0.3) is 0 Å². The monoisotopic (exact) mass is 324 g/mol. The number of carbonyl (C=O) groups excluding carboxylic acids is 1. The molecule has 2 heterocycles. The van der Waals surface area contributed by atoms with Crippen LogP contribution in [0.1, 0.15) is 29.3 Å². The molecule has 1 aromatic heterocycles. The molecule has 0 amide bonds. The number of halogens is 3. The van der Waals surface area contributed by atoms with Crippen LogP contribution in [0.15, 0.2) is 0 Å². The molecule has 1 unspecified atom stereocenters. The summed E-state index contributed by atoms with van der Waals surface area (Å²) in [6, 6.07) is -0.131. The molecule has 9 heteroatoms. The third-order valence-electron chi connectivity index (χ3n) is 2.95. The van der Waals surface area contributed by atoms with Crippen LogP contribution in [0.2, 0.25) is 0 Å². The summed E-state index contributed by atoms with van der Waals surface area (Å²) < 4.78 is 48.6. The summed E-state index contributed by atoms with van der Waals surface area (Å²) in [7, 11) is 0. The number of morpholine rings is 1. The summed E-state index contributed by atoms with van der Waals surface area (Å²) in [6.45, 7) is 4.68. The molecule has 1 atom stereocenters. The van der Waals surface area contributed by atoms with E-state index in [-0.39, 0.29) is 23.3 Å². The van der Waals surface area contributed by atoms with E-state index in [0.29, 0.717) is 31.1 Å². The van der Waals surface area contributed by atoms with E-state index in [0.717, 1.165) is 0 Å². The fraction of sp³-hybridized carbons (Fsp3) is 0.667. The summed E-state index contributed by atoms with van der Waals surface area (Å²) in [5.74, 6) is -0.835. The molecule has 0 bridgehead atoms. The van der Waals surface area contributed by atoms with Crippen molar-refractivity contribution in [3.63, 3.8) is 0 Å². The predicted molar refractivity (Wildman–Crippen MR) is 70.7 cm³/mol. The number of hydrogen-bond acceptors (Lipinski definition) is 6. The zero-order valence-electron chi connectivity index (χ0n) is 11.6. The Morgan fingerprint density at radius 2 is 2.29 bits per heavy atom. The first-order chi connectivity index (χ1) is 9.84. The smallest absolute Gasteiger partial charge is 0.443 e. The summed E-state index contributed by atoms with van der Waals surface area (Å²) in [6.07, 6.45) is -4.58. The molecule has 0 aromatic carbocycles. The summed E-state index contributed by atoms with van der Waals surface area (Å²) in [4.78, 5) is 17.0. The van der Waals surface area contributed by atoms with Crippen molar-refractivity contribution in [1.82, 2.24) is 4.98 Å². The molecule has 1 aliphatic heterocycles. The highest BCUT2D eigenvalue weighted by molar-refractivity contribution is 7.16. The maximum absolute atomic E-state index is 12.8. The fourth-order valence-electron chi connectivity index (χ4n) is 1.99. The van der Waals surface area contributed by atoms with Gasteiger partial charge < -0.3 is 14.4 Å². The average molecular weight is 324 g/mol. The Bertz CT molecular complexity index is 518. The number of alkyl halides is 3. The maximum Gasteiger partial charge on any atom is 0.443 e. The van der Waals surface area contributed by atoms with Crippen molar-refractivity contribution < 1.29 is 27.4 Å².